The van der Waals surface area contributed by atoms with E-state index in [4.69, 9.17) is 0 Å². The van der Waals surface area contributed by atoms with Crippen LogP contribution in [-0.4, -0.2) is 52.9 Å². The molecule has 1 aromatic heterocycles. The van der Waals surface area contributed by atoms with E-state index in [1.54, 1.807) is 0 Å². The summed E-state index contributed by atoms with van der Waals surface area (Å²) in [4.78, 5) is 19.9. The van der Waals surface area contributed by atoms with E-state index in [0.717, 1.165) is 25.2 Å². The van der Waals surface area contributed by atoms with Gasteiger partial charge in [-0.05, 0) is 45.4 Å². The van der Waals surface area contributed by atoms with Gasteiger partial charge in [0.1, 0.15) is 0 Å². The summed E-state index contributed by atoms with van der Waals surface area (Å²) in [5, 5.41) is 0. The molecule has 1 aromatic rings. The Labute approximate surface area is 121 Å². The van der Waals surface area contributed by atoms with Gasteiger partial charge in [-0.25, -0.2) is 0 Å². The summed E-state index contributed by atoms with van der Waals surface area (Å²) in [5.74, 6) is 0.313. The first-order valence-electron chi connectivity index (χ1n) is 7.72. The van der Waals surface area contributed by atoms with Crippen molar-refractivity contribution in [3.05, 3.63) is 24.0 Å². The predicted molar refractivity (Wildman–Crippen MR) is 79.5 cm³/mol. The second-order valence-electron chi connectivity index (χ2n) is 6.76. The van der Waals surface area contributed by atoms with E-state index in [1.165, 1.54) is 19.5 Å². The topological polar surface area (TPSA) is 39.3 Å². The summed E-state index contributed by atoms with van der Waals surface area (Å²) in [6.07, 6.45) is 4.63. The van der Waals surface area contributed by atoms with Crippen molar-refractivity contribution in [1.29, 1.82) is 0 Å². The van der Waals surface area contributed by atoms with Gasteiger partial charge in [-0.1, -0.05) is 0 Å². The van der Waals surface area contributed by atoms with Gasteiger partial charge in [-0.2, -0.15) is 0 Å². The van der Waals surface area contributed by atoms with E-state index in [2.05, 4.69) is 23.7 Å². The Morgan fingerprint density at radius 2 is 2.20 bits per heavy atom. The number of nitrogens with one attached hydrogen (secondary N) is 1. The number of hydrogen-bond acceptors (Lipinski definition) is 2. The number of aryl methyl sites for hydroxylation is 1. The minimum atomic E-state index is 0.313. The van der Waals surface area contributed by atoms with Gasteiger partial charge in [0.05, 0.1) is 0 Å². The molecule has 0 bridgehead atoms. The molecule has 0 unspecified atom stereocenters. The summed E-state index contributed by atoms with van der Waals surface area (Å²) < 4.78 is 0. The molecule has 4 nitrogen and oxygen atoms in total. The highest BCUT2D eigenvalue weighted by molar-refractivity contribution is 5.77. The van der Waals surface area contributed by atoms with Gasteiger partial charge in [-0.15, -0.1) is 0 Å². The number of likely N-dealkylation sites (tertiary alicyclic amines) is 2. The van der Waals surface area contributed by atoms with Crippen LogP contribution < -0.4 is 0 Å². The minimum absolute atomic E-state index is 0.313. The molecule has 0 saturated carbocycles. The molecule has 2 fully saturated rings. The van der Waals surface area contributed by atoms with Crippen LogP contribution >= 0.6 is 0 Å². The van der Waals surface area contributed by atoms with E-state index >= 15 is 0 Å². The van der Waals surface area contributed by atoms with Crippen LogP contribution in [0.4, 0.5) is 0 Å². The van der Waals surface area contributed by atoms with Crippen LogP contribution in [0.3, 0.4) is 0 Å². The lowest BCUT2D eigenvalue weighted by Crippen LogP contribution is -2.59. The molecule has 3 rings (SSSR count). The molecule has 3 heterocycles. The molecule has 1 spiro atoms. The zero-order chi connectivity index (χ0) is 14.2. The van der Waals surface area contributed by atoms with E-state index < -0.39 is 0 Å². The average Bonchev–Trinajstić information content (AvgIpc) is 3.03. The highest BCUT2D eigenvalue weighted by atomic mass is 16.2. The molecule has 0 radical (unpaired) electrons. The number of aromatic nitrogens is 1. The highest BCUT2D eigenvalue weighted by Crippen LogP contribution is 2.40. The lowest BCUT2D eigenvalue weighted by Gasteiger charge is -2.48. The maximum Gasteiger partial charge on any atom is 0.222 e. The van der Waals surface area contributed by atoms with E-state index in [0.29, 0.717) is 23.8 Å². The van der Waals surface area contributed by atoms with Gasteiger partial charge in [0.15, 0.2) is 0 Å². The van der Waals surface area contributed by atoms with Gasteiger partial charge in [0.25, 0.3) is 0 Å². The molecule has 110 valence electrons. The van der Waals surface area contributed by atoms with Gasteiger partial charge in [-0.3, -0.25) is 4.79 Å². The molecule has 1 amide bonds. The van der Waals surface area contributed by atoms with Crippen LogP contribution in [0.1, 0.15) is 32.4 Å². The quantitative estimate of drug-likeness (QED) is 0.911. The Morgan fingerprint density at radius 3 is 2.80 bits per heavy atom. The summed E-state index contributed by atoms with van der Waals surface area (Å²) in [6.45, 7) is 8.83. The van der Waals surface area contributed by atoms with Crippen LogP contribution in [0.15, 0.2) is 18.3 Å². The van der Waals surface area contributed by atoms with E-state index in [9.17, 15) is 4.79 Å². The van der Waals surface area contributed by atoms with Crippen LogP contribution in [0, 0.1) is 5.41 Å². The van der Waals surface area contributed by atoms with Crippen molar-refractivity contribution in [2.45, 2.75) is 39.2 Å². The maximum atomic E-state index is 12.2. The molecule has 2 aliphatic rings. The van der Waals surface area contributed by atoms with Crippen molar-refractivity contribution in [3.63, 3.8) is 0 Å². The minimum Gasteiger partial charge on any atom is -0.365 e. The number of carbonyl (C=O) groups is 1. The molecule has 20 heavy (non-hydrogen) atoms. The summed E-state index contributed by atoms with van der Waals surface area (Å²) in [5.41, 5.74) is 1.56. The first kappa shape index (κ1) is 13.7. The van der Waals surface area contributed by atoms with Gasteiger partial charge >= 0.3 is 0 Å². The number of nitrogens with zero attached hydrogens (tertiary/aromatic N) is 2. The third-order valence-electron chi connectivity index (χ3n) is 4.87. The van der Waals surface area contributed by atoms with E-state index in [-0.39, 0.29) is 0 Å². The van der Waals surface area contributed by atoms with Crippen molar-refractivity contribution < 1.29 is 4.79 Å². The summed E-state index contributed by atoms with van der Waals surface area (Å²) >= 11 is 0. The first-order chi connectivity index (χ1) is 9.58. The van der Waals surface area contributed by atoms with Crippen LogP contribution in [0.5, 0.6) is 0 Å². The van der Waals surface area contributed by atoms with Crippen molar-refractivity contribution >= 4 is 5.91 Å². The van der Waals surface area contributed by atoms with Crippen LogP contribution in [0.25, 0.3) is 0 Å². The third kappa shape index (κ3) is 2.62. The lowest BCUT2D eigenvalue weighted by atomic mass is 9.79. The number of rotatable bonds is 4. The summed E-state index contributed by atoms with van der Waals surface area (Å²) in [6, 6.07) is 4.66. The monoisotopic (exact) mass is 275 g/mol. The Balaban J connectivity index is 1.44. The normalized spacial score (nSPS) is 21.6. The number of amides is 1. The fraction of sp³-hybridized carbons (Fsp3) is 0.688. The lowest BCUT2D eigenvalue weighted by molar-refractivity contribution is -0.142. The molecular weight excluding hydrogens is 250 g/mol. The van der Waals surface area contributed by atoms with E-state index in [1.807, 2.05) is 23.2 Å². The molecule has 0 aliphatic carbocycles. The van der Waals surface area contributed by atoms with Gasteiger partial charge in [0.2, 0.25) is 5.91 Å². The van der Waals surface area contributed by atoms with Gasteiger partial charge in [0, 0.05) is 49.4 Å². The number of hydrogen-bond donors (Lipinski definition) is 1. The number of carbonyl (C=O) groups excluding carboxylic acids is 1. The average molecular weight is 275 g/mol. The largest absolute Gasteiger partial charge is 0.365 e. The molecule has 4 heteroatoms. The smallest absolute Gasteiger partial charge is 0.222 e. The van der Waals surface area contributed by atoms with Crippen molar-refractivity contribution in [3.8, 4) is 0 Å². The predicted octanol–water partition coefficient (Wildman–Crippen LogP) is 1.89. The molecule has 0 atom stereocenters. The molecular formula is C16H25N3O. The second-order valence-corrected chi connectivity index (χ2v) is 6.76. The molecule has 2 saturated heterocycles. The SMILES string of the molecule is CC(C)N1CCC2(CN(C(=O)CCc3ccc[nH]3)C2)C1. The first-order valence-corrected chi connectivity index (χ1v) is 7.72. The fourth-order valence-corrected chi connectivity index (χ4v) is 3.53. The Bertz CT molecular complexity index is 460. The van der Waals surface area contributed by atoms with Crippen LogP contribution in [-0.2, 0) is 11.2 Å². The second kappa shape index (κ2) is 5.24. The zero-order valence-electron chi connectivity index (χ0n) is 12.6. The standard InChI is InChI=1S/C16H25N3O/c1-13(2)18-9-7-16(10-18)11-19(12-16)15(20)6-5-14-4-3-8-17-14/h3-4,8,13,17H,5-7,9-12H2,1-2H3. The molecule has 1 N–H and O–H groups in total. The van der Waals surface area contributed by atoms with Crippen molar-refractivity contribution in [1.82, 2.24) is 14.8 Å². The Kier molecular flexibility index (Phi) is 3.59. The summed E-state index contributed by atoms with van der Waals surface area (Å²) in [7, 11) is 0. The van der Waals surface area contributed by atoms with Gasteiger partial charge < -0.3 is 14.8 Å². The maximum absolute atomic E-state index is 12.2. The highest BCUT2D eigenvalue weighted by Gasteiger charge is 2.49. The molecule has 2 aliphatic heterocycles. The molecule has 0 aromatic carbocycles. The van der Waals surface area contributed by atoms with Crippen LogP contribution in [0.2, 0.25) is 0 Å². The third-order valence-corrected chi connectivity index (χ3v) is 4.87. The number of aromatic amines is 1. The Morgan fingerprint density at radius 1 is 1.40 bits per heavy atom. The fourth-order valence-electron chi connectivity index (χ4n) is 3.53. The Hall–Kier alpha value is -1.29. The number of H-pyrrole nitrogens is 1. The zero-order valence-corrected chi connectivity index (χ0v) is 12.6. The van der Waals surface area contributed by atoms with Crippen molar-refractivity contribution in [2.24, 2.45) is 5.41 Å². The van der Waals surface area contributed by atoms with Crippen molar-refractivity contribution in [2.75, 3.05) is 26.2 Å².